The van der Waals surface area contributed by atoms with Crippen molar-refractivity contribution in [1.29, 1.82) is 0 Å². The summed E-state index contributed by atoms with van der Waals surface area (Å²) >= 11 is 0. The zero-order valence-corrected chi connectivity index (χ0v) is 45.1. The van der Waals surface area contributed by atoms with Gasteiger partial charge in [-0.05, 0) is 69.2 Å². The minimum absolute atomic E-state index is 0.128. The van der Waals surface area contributed by atoms with Crippen molar-refractivity contribution in [3.05, 3.63) is 115 Å². The highest BCUT2D eigenvalue weighted by atomic mass is 16.7. The fourth-order valence-electron chi connectivity index (χ4n) is 9.90. The molecule has 0 amide bonds. The van der Waals surface area contributed by atoms with Crippen molar-refractivity contribution in [3.8, 4) is 0 Å². The molecule has 2 saturated heterocycles. The largest absolute Gasteiger partial charge is 0.481 e. The van der Waals surface area contributed by atoms with Crippen LogP contribution in [0.5, 0.6) is 0 Å². The van der Waals surface area contributed by atoms with Crippen LogP contribution in [-0.2, 0) is 33.3 Å². The van der Waals surface area contributed by atoms with E-state index in [1.54, 1.807) is 97.2 Å². The molecule has 19 atom stereocenters. The molecule has 21 heteroatoms. The first kappa shape index (κ1) is 66.4. The van der Waals surface area contributed by atoms with Crippen LogP contribution in [0.15, 0.2) is 109 Å². The Hall–Kier alpha value is -5.08. The molecule has 2 bridgehead atoms. The van der Waals surface area contributed by atoms with Crippen molar-refractivity contribution in [1.82, 2.24) is 0 Å². The SMILES string of the molecule is CC1C=CC=CC=CC=CC=CC=CC=CC(O[C@@H]2O[C@H](C)[C@@H](O)[C@H](N)[C@@H]2O)CC2OC(O)(CC(O)CC(O)CC(O)CC(O)CC(=O)CC(O)CC(=O)OC1C(C)CCC(O)CC(=O)c1ccc(N)cc1)CC(O)C2C(=O)O. The molecule has 0 radical (unpaired) electrons. The summed E-state index contributed by atoms with van der Waals surface area (Å²) in [6.07, 6.45) is 1.70. The molecule has 3 aliphatic rings. The summed E-state index contributed by atoms with van der Waals surface area (Å²) in [6, 6.07) is 5.21. The molecule has 2 fully saturated rings. The number of hydrogen-bond donors (Lipinski definition) is 13. The molecule has 1 aromatic carbocycles. The second kappa shape index (κ2) is 33.0. The van der Waals surface area contributed by atoms with Crippen molar-refractivity contribution in [2.24, 2.45) is 23.5 Å². The summed E-state index contributed by atoms with van der Waals surface area (Å²) in [5.41, 5.74) is 12.7. The number of aliphatic carboxylic acids is 1. The van der Waals surface area contributed by atoms with Crippen molar-refractivity contribution in [3.63, 3.8) is 0 Å². The van der Waals surface area contributed by atoms with Gasteiger partial charge in [0.2, 0.25) is 0 Å². The molecular formula is C58H84N2O19. The number of carboxylic acid groups (broad SMARTS) is 1. The Bertz CT molecular complexity index is 2280. The number of carbonyl (C=O) groups is 4. The Labute approximate surface area is 461 Å². The van der Waals surface area contributed by atoms with E-state index in [-0.39, 0.29) is 36.9 Å². The smallest absolute Gasteiger partial charge is 0.311 e. The summed E-state index contributed by atoms with van der Waals surface area (Å²) < 4.78 is 23.7. The van der Waals surface area contributed by atoms with E-state index in [1.165, 1.54) is 13.0 Å². The first-order valence-electron chi connectivity index (χ1n) is 26.9. The highest BCUT2D eigenvalue weighted by Gasteiger charge is 2.51. The van der Waals surface area contributed by atoms with Crippen LogP contribution in [0, 0.1) is 17.8 Å². The van der Waals surface area contributed by atoms with Gasteiger partial charge < -0.3 is 86.6 Å². The maximum absolute atomic E-state index is 13.3. The second-order valence-electron chi connectivity index (χ2n) is 21.2. The van der Waals surface area contributed by atoms with Crippen LogP contribution in [0.25, 0.3) is 0 Å². The van der Waals surface area contributed by atoms with Crippen LogP contribution >= 0.6 is 0 Å². The lowest BCUT2D eigenvalue weighted by atomic mass is 9.82. The third-order valence-corrected chi connectivity index (χ3v) is 14.1. The van der Waals surface area contributed by atoms with Crippen molar-refractivity contribution < 1.29 is 94.3 Å². The van der Waals surface area contributed by atoms with E-state index in [0.717, 1.165) is 0 Å². The zero-order valence-electron chi connectivity index (χ0n) is 45.1. The first-order valence-corrected chi connectivity index (χ1v) is 26.9. The van der Waals surface area contributed by atoms with E-state index in [1.807, 2.05) is 19.9 Å². The van der Waals surface area contributed by atoms with Crippen molar-refractivity contribution in [2.75, 3.05) is 5.73 Å². The molecule has 15 N–H and O–H groups in total. The average Bonchev–Trinajstić information content (AvgIpc) is 3.35. The second-order valence-corrected chi connectivity index (χ2v) is 21.2. The number of nitrogen functional groups attached to an aromatic ring is 1. The standard InChI is InChI=1S/C58H84N2O19/c1-34-16-14-12-10-8-6-4-5-7-9-11-13-15-17-46(77-57-54(72)52(60)53(71)36(3)76-57)31-49-51(56(73)74)48(69)33-58(75,79-49)32-45(67)28-43(65)26-41(63)24-40(62)25-42(64)27-44(66)30-50(70)78-55(34)35(2)18-23-39(61)29-47(68)37-19-21-38(59)22-20-37/h4-17,19-22,34-36,39-41,43-46,48-49,51-55,57,61-63,65-67,69,71-72,75H,18,23-33,59-60H2,1-3H3,(H,73,74)/t34?,35?,36-,39?,40?,41?,43?,44?,45?,46?,48?,49?,51?,52+,53-,54+,55?,57+,58?/m1/s1. The fourth-order valence-corrected chi connectivity index (χ4v) is 9.90. The highest BCUT2D eigenvalue weighted by Crippen LogP contribution is 2.38. The maximum Gasteiger partial charge on any atom is 0.311 e. The number of benzene rings is 1. The summed E-state index contributed by atoms with van der Waals surface area (Å²) in [4.78, 5) is 51.6. The number of carbonyl (C=O) groups excluding carboxylic acids is 3. The number of nitrogens with two attached hydrogens (primary N) is 2. The monoisotopic (exact) mass is 1110 g/mol. The predicted octanol–water partition coefficient (Wildman–Crippen LogP) is 2.29. The summed E-state index contributed by atoms with van der Waals surface area (Å²) in [5.74, 6) is -7.81. The number of allylic oxidation sites excluding steroid dienone is 12. The van der Waals surface area contributed by atoms with Crippen LogP contribution < -0.4 is 11.5 Å². The van der Waals surface area contributed by atoms with Crippen molar-refractivity contribution >= 4 is 29.2 Å². The Morgan fingerprint density at radius 2 is 1.25 bits per heavy atom. The van der Waals surface area contributed by atoms with Gasteiger partial charge in [-0.1, -0.05) is 98.9 Å². The van der Waals surface area contributed by atoms with Gasteiger partial charge in [0, 0.05) is 55.7 Å². The number of rotatable bonds is 10. The van der Waals surface area contributed by atoms with Crippen LogP contribution in [0.1, 0.15) is 108 Å². The molecule has 21 nitrogen and oxygen atoms in total. The molecule has 440 valence electrons. The quantitative estimate of drug-likeness (QED) is 0.0908. The lowest BCUT2D eigenvalue weighted by Crippen LogP contribution is -2.61. The minimum Gasteiger partial charge on any atom is -0.481 e. The number of fused-ring (bicyclic) bond motifs is 2. The predicted molar refractivity (Wildman–Crippen MR) is 290 cm³/mol. The van der Waals surface area contributed by atoms with Crippen LogP contribution in [0.3, 0.4) is 0 Å². The van der Waals surface area contributed by atoms with E-state index in [4.69, 9.17) is 30.4 Å². The van der Waals surface area contributed by atoms with E-state index >= 15 is 0 Å². The maximum atomic E-state index is 13.3. The Morgan fingerprint density at radius 1 is 0.709 bits per heavy atom. The van der Waals surface area contributed by atoms with Gasteiger partial charge in [-0.3, -0.25) is 19.2 Å². The van der Waals surface area contributed by atoms with Gasteiger partial charge in [0.1, 0.15) is 23.9 Å². The molecule has 79 heavy (non-hydrogen) atoms. The Morgan fingerprint density at radius 3 is 1.85 bits per heavy atom. The number of cyclic esters (lactones) is 1. The molecule has 0 spiro atoms. The minimum atomic E-state index is -2.34. The van der Waals surface area contributed by atoms with Gasteiger partial charge in [-0.15, -0.1) is 0 Å². The van der Waals surface area contributed by atoms with Gasteiger partial charge in [0.15, 0.2) is 17.9 Å². The average molecular weight is 1110 g/mol. The molecule has 0 aliphatic carbocycles. The number of aliphatic hydroxyl groups is 10. The lowest BCUT2D eigenvalue weighted by Gasteiger charge is -2.45. The molecule has 1 aromatic rings. The van der Waals surface area contributed by atoms with Crippen molar-refractivity contribution in [2.45, 2.75) is 195 Å². The number of carboxylic acids is 1. The summed E-state index contributed by atoms with van der Waals surface area (Å²) in [7, 11) is 0. The van der Waals surface area contributed by atoms with Crippen LogP contribution in [-0.4, -0.2) is 177 Å². The van der Waals surface area contributed by atoms with Crippen LogP contribution in [0.4, 0.5) is 5.69 Å². The summed E-state index contributed by atoms with van der Waals surface area (Å²) in [6.45, 7) is 5.20. The Balaban J connectivity index is 1.54. The first-order chi connectivity index (χ1) is 37.3. The zero-order chi connectivity index (χ0) is 58.4. The lowest BCUT2D eigenvalue weighted by molar-refractivity contribution is -0.308. The van der Waals surface area contributed by atoms with Gasteiger partial charge >= 0.3 is 11.9 Å². The third kappa shape index (κ3) is 23.1. The van der Waals surface area contributed by atoms with Crippen LogP contribution in [0.2, 0.25) is 0 Å². The fraction of sp³-hybridized carbons (Fsp3) is 0.586. The molecule has 3 aliphatic heterocycles. The van der Waals surface area contributed by atoms with Gasteiger partial charge in [0.25, 0.3) is 0 Å². The third-order valence-electron chi connectivity index (χ3n) is 14.1. The normalized spacial score (nSPS) is 35.6. The molecule has 0 aromatic heterocycles. The molecule has 3 heterocycles. The number of esters is 1. The van der Waals surface area contributed by atoms with Gasteiger partial charge in [0.05, 0.1) is 79.6 Å². The summed E-state index contributed by atoms with van der Waals surface area (Å²) in [5, 5.41) is 119. The van der Waals surface area contributed by atoms with Gasteiger partial charge in [-0.2, -0.15) is 0 Å². The molecule has 4 rings (SSSR count). The topological polar surface area (TPSA) is 380 Å². The van der Waals surface area contributed by atoms with E-state index in [2.05, 4.69) is 0 Å². The van der Waals surface area contributed by atoms with E-state index in [0.29, 0.717) is 17.7 Å². The Kier molecular flexibility index (Phi) is 27.7. The number of aliphatic hydroxyl groups excluding tert-OH is 9. The molecule has 14 unspecified atom stereocenters. The number of anilines is 1. The molecule has 0 saturated carbocycles. The number of Topliss-reactive ketones (excluding diaryl/α,β-unsaturated/α-hetero) is 2. The van der Waals surface area contributed by atoms with E-state index in [9.17, 15) is 75.3 Å². The number of ketones is 2. The number of ether oxygens (including phenoxy) is 4. The molecular weight excluding hydrogens is 1030 g/mol. The van der Waals surface area contributed by atoms with Gasteiger partial charge in [-0.25, -0.2) is 0 Å². The highest BCUT2D eigenvalue weighted by molar-refractivity contribution is 5.96. The number of hydrogen-bond acceptors (Lipinski definition) is 20. The van der Waals surface area contributed by atoms with E-state index < -0.39 is 172 Å².